The van der Waals surface area contributed by atoms with Gasteiger partial charge in [0.2, 0.25) is 0 Å². The average Bonchev–Trinajstić information content (AvgIpc) is 2.44. The maximum Gasteiger partial charge on any atom is 0 e. The van der Waals surface area contributed by atoms with E-state index in [-0.39, 0.29) is 22.7 Å². The topological polar surface area (TPSA) is 59.7 Å². The molecule has 108 valence electrons. The molecule has 0 spiro atoms. The van der Waals surface area contributed by atoms with Gasteiger partial charge in [-0.25, -0.2) is 0 Å². The molecule has 1 aromatic carbocycles. The Kier molecular flexibility index (Phi) is 22.9. The minimum atomic E-state index is -1.23. The summed E-state index contributed by atoms with van der Waals surface area (Å²) in [6.07, 6.45) is 0. The normalized spacial score (nSPS) is 9.55. The molecule has 0 radical (unpaired) electrons. The Labute approximate surface area is 138 Å². The Morgan fingerprint density at radius 3 is 1.55 bits per heavy atom. The Balaban J connectivity index is -0.000000162. The molecule has 6 heteroatoms. The molecule has 1 atom stereocenters. The van der Waals surface area contributed by atoms with Crippen molar-refractivity contribution in [2.75, 3.05) is 0 Å². The molecule has 0 aliphatic carbocycles. The molecule has 0 fully saturated rings. The molecule has 0 aromatic heterocycles. The van der Waals surface area contributed by atoms with Gasteiger partial charge in [0.25, 0.3) is 0 Å². The molecule has 3 nitrogen and oxygen atoms in total. The van der Waals surface area contributed by atoms with Gasteiger partial charge < -0.3 is 0 Å². The van der Waals surface area contributed by atoms with Crippen LogP contribution in [0.4, 0.5) is 0 Å². The molecule has 1 aromatic rings. The molecule has 0 aliphatic rings. The first-order valence-corrected chi connectivity index (χ1v) is 9.21. The summed E-state index contributed by atoms with van der Waals surface area (Å²) in [7, 11) is -1.23. The number of benzene rings is 1. The van der Waals surface area contributed by atoms with E-state index in [1.165, 1.54) is 10.8 Å². The van der Waals surface area contributed by atoms with Gasteiger partial charge in [0.05, 0.1) is 13.5 Å². The minimum Gasteiger partial charge on any atom is 0 e. The van der Waals surface area contributed by atoms with E-state index in [4.69, 9.17) is 25.6 Å². The zero-order valence-electron chi connectivity index (χ0n) is 11.9. The van der Waals surface area contributed by atoms with Gasteiger partial charge in [-0.05, 0) is 12.5 Å². The van der Waals surface area contributed by atoms with E-state index in [1.807, 2.05) is 6.92 Å². The summed E-state index contributed by atoms with van der Waals surface area (Å²) < 4.78 is 22.5. The van der Waals surface area contributed by atoms with Crippen LogP contribution in [0.5, 0.6) is 0 Å². The Hall–Kier alpha value is -0.521. The summed E-state index contributed by atoms with van der Waals surface area (Å²) in [5, 5.41) is 1.61. The van der Waals surface area contributed by atoms with Gasteiger partial charge in [0.1, 0.15) is 0 Å². The van der Waals surface area contributed by atoms with Crippen LogP contribution in [-0.2, 0) is 31.3 Å². The second kappa shape index (κ2) is 16.5. The average molecular weight is 349 g/mol. The zero-order valence-corrected chi connectivity index (χ0v) is 14.9. The van der Waals surface area contributed by atoms with Crippen molar-refractivity contribution in [1.29, 1.82) is 0 Å². The zero-order chi connectivity index (χ0) is 16.1. The van der Waals surface area contributed by atoms with E-state index in [2.05, 4.69) is 63.9 Å². The SMILES string of the molecule is C[C@@H](Cl)c1ccccc1[Si](C)(C)C.[C-]#[O+].[C-]#[O+].[C-]#[O+].[Cr]. The molecule has 1 rings (SSSR count). The number of rotatable bonds is 2. The first-order chi connectivity index (χ1) is 8.93. The fourth-order valence-corrected chi connectivity index (χ4v) is 3.57. The van der Waals surface area contributed by atoms with Crippen molar-refractivity contribution in [2.24, 2.45) is 0 Å². The molecule has 0 saturated heterocycles. The van der Waals surface area contributed by atoms with Gasteiger partial charge in [-0.2, -0.15) is 0 Å². The number of halogens is 1. The van der Waals surface area contributed by atoms with Crippen LogP contribution in [0.3, 0.4) is 0 Å². The third kappa shape index (κ3) is 11.3. The molecule has 0 bridgehead atoms. The quantitative estimate of drug-likeness (QED) is 0.340. The van der Waals surface area contributed by atoms with Crippen LogP contribution >= 0.6 is 11.6 Å². The molecule has 20 heavy (non-hydrogen) atoms. The van der Waals surface area contributed by atoms with Crippen molar-refractivity contribution in [3.63, 3.8) is 0 Å². The summed E-state index contributed by atoms with van der Waals surface area (Å²) >= 11 is 6.14. The van der Waals surface area contributed by atoms with E-state index in [9.17, 15) is 0 Å². The number of alkyl halides is 1. The summed E-state index contributed by atoms with van der Waals surface area (Å²) in [4.78, 5) is 0. The van der Waals surface area contributed by atoms with Gasteiger partial charge in [-0.3, -0.25) is 0 Å². The van der Waals surface area contributed by atoms with Crippen molar-refractivity contribution < 1.29 is 31.3 Å². The van der Waals surface area contributed by atoms with Crippen molar-refractivity contribution in [3.05, 3.63) is 49.8 Å². The largest absolute Gasteiger partial charge is 0 e. The Bertz CT molecular complexity index is 395. The van der Waals surface area contributed by atoms with Crippen LogP contribution in [-0.4, -0.2) is 8.07 Å². The van der Waals surface area contributed by atoms with Gasteiger partial charge in [0.15, 0.2) is 0 Å². The third-order valence-corrected chi connectivity index (χ3v) is 4.50. The molecular weight excluding hydrogens is 332 g/mol. The Morgan fingerprint density at radius 1 is 0.950 bits per heavy atom. The molecule has 0 N–H and O–H groups in total. The van der Waals surface area contributed by atoms with Gasteiger partial charge in [0, 0.05) is 17.4 Å². The van der Waals surface area contributed by atoms with E-state index < -0.39 is 8.07 Å². The van der Waals surface area contributed by atoms with Gasteiger partial charge in [-0.15, -0.1) is 11.6 Å². The smallest absolute Gasteiger partial charge is 0 e. The molecule has 0 aliphatic heterocycles. The van der Waals surface area contributed by atoms with E-state index in [0.717, 1.165) is 0 Å². The fraction of sp³-hybridized carbons (Fsp3) is 0.357. The van der Waals surface area contributed by atoms with Crippen LogP contribution in [0.2, 0.25) is 19.6 Å². The van der Waals surface area contributed by atoms with Crippen LogP contribution in [0.15, 0.2) is 24.3 Å². The molecular formula is C14H17ClCrO3Si. The first kappa shape index (κ1) is 27.8. The van der Waals surface area contributed by atoms with Crippen molar-refractivity contribution in [1.82, 2.24) is 0 Å². The molecule has 0 saturated carbocycles. The van der Waals surface area contributed by atoms with Crippen molar-refractivity contribution >= 4 is 24.9 Å². The van der Waals surface area contributed by atoms with Crippen LogP contribution in [0.25, 0.3) is 0 Å². The summed E-state index contributed by atoms with van der Waals surface area (Å²) in [6, 6.07) is 8.54. The standard InChI is InChI=1S/C11H17ClSi.3CO.Cr/c1-9(12)10-7-5-6-8-11(10)13(2,3)4;3*1-2;/h5-9H,1-4H3;;;;/t9-;;;;/m1..../s1. The monoisotopic (exact) mass is 348 g/mol. The predicted molar refractivity (Wildman–Crippen MR) is 75.5 cm³/mol. The number of hydrogen-bond donors (Lipinski definition) is 0. The summed E-state index contributed by atoms with van der Waals surface area (Å²) in [5.74, 6) is 0. The fourth-order valence-electron chi connectivity index (χ4n) is 1.53. The second-order valence-corrected chi connectivity index (χ2v) is 10.1. The van der Waals surface area contributed by atoms with Gasteiger partial charge in [-0.1, -0.05) is 49.1 Å². The Morgan fingerprint density at radius 2 is 1.30 bits per heavy atom. The first-order valence-electron chi connectivity index (χ1n) is 5.27. The maximum atomic E-state index is 7.50. The molecule has 0 heterocycles. The van der Waals surface area contributed by atoms with Crippen molar-refractivity contribution in [3.8, 4) is 0 Å². The van der Waals surface area contributed by atoms with E-state index >= 15 is 0 Å². The van der Waals surface area contributed by atoms with E-state index in [0.29, 0.717) is 0 Å². The van der Waals surface area contributed by atoms with Crippen LogP contribution in [0, 0.1) is 20.0 Å². The predicted octanol–water partition coefficient (Wildman–Crippen LogP) is 3.42. The van der Waals surface area contributed by atoms with Crippen LogP contribution in [0.1, 0.15) is 17.9 Å². The molecule has 0 amide bonds. The number of hydrogen-bond acceptors (Lipinski definition) is 0. The van der Waals surface area contributed by atoms with Crippen LogP contribution < -0.4 is 5.19 Å². The summed E-state index contributed by atoms with van der Waals surface area (Å²) in [5.41, 5.74) is 1.31. The van der Waals surface area contributed by atoms with Crippen molar-refractivity contribution in [2.45, 2.75) is 31.9 Å². The maximum absolute atomic E-state index is 7.50. The summed E-state index contributed by atoms with van der Waals surface area (Å²) in [6.45, 7) is 22.6. The third-order valence-electron chi connectivity index (χ3n) is 2.20. The molecule has 0 unspecified atom stereocenters. The van der Waals surface area contributed by atoms with E-state index in [1.54, 1.807) is 0 Å². The second-order valence-electron chi connectivity index (χ2n) is 4.45. The van der Waals surface area contributed by atoms with Gasteiger partial charge >= 0.3 is 33.9 Å². The minimum absolute atomic E-state index is 0.